The molecule has 0 aromatic carbocycles. The van der Waals surface area contributed by atoms with Crippen molar-refractivity contribution in [3.05, 3.63) is 23.2 Å². The Morgan fingerprint density at radius 2 is 1.75 bits per heavy atom. The van der Waals surface area contributed by atoms with Gasteiger partial charge < -0.3 is 22.9 Å². The molecule has 1 aliphatic carbocycles. The second kappa shape index (κ2) is 2.42. The van der Waals surface area contributed by atoms with Gasteiger partial charge in [0.15, 0.2) is 0 Å². The molecule has 0 radical (unpaired) electrons. The van der Waals surface area contributed by atoms with Crippen molar-refractivity contribution in [1.29, 1.82) is 0 Å². The van der Waals surface area contributed by atoms with Crippen LogP contribution in [-0.2, 0) is 0 Å². The summed E-state index contributed by atoms with van der Waals surface area (Å²) in [7, 11) is 0. The zero-order chi connectivity index (χ0) is 9.52. The van der Waals surface area contributed by atoms with Crippen LogP contribution in [0.1, 0.15) is 13.8 Å². The Morgan fingerprint density at radius 1 is 1.25 bits per heavy atom. The Morgan fingerprint density at radius 3 is 2.25 bits per heavy atom. The summed E-state index contributed by atoms with van der Waals surface area (Å²) in [6.45, 7) is 3.89. The summed E-state index contributed by atoms with van der Waals surface area (Å²) in [6, 6.07) is -0.162. The molecule has 1 unspecified atom stereocenters. The highest BCUT2D eigenvalue weighted by Gasteiger charge is 2.33. The minimum absolute atomic E-state index is 0.162. The Labute approximate surface area is 72.3 Å². The predicted octanol–water partition coefficient (Wildman–Crippen LogP) is -0.675. The van der Waals surface area contributed by atoms with Gasteiger partial charge in [-0.3, -0.25) is 0 Å². The summed E-state index contributed by atoms with van der Waals surface area (Å²) >= 11 is 0. The largest absolute Gasteiger partial charge is 0.400 e. The summed E-state index contributed by atoms with van der Waals surface area (Å²) in [5.74, 6) is 0. The standard InChI is InChI=1S/C8H16N4/c1-8(2)5(10)3-4(9)6(11)7(8)12/h3,5H,9-12H2,1-2H3. The molecular formula is C8H16N4. The zero-order valence-corrected chi connectivity index (χ0v) is 7.46. The van der Waals surface area contributed by atoms with E-state index in [1.54, 1.807) is 6.08 Å². The van der Waals surface area contributed by atoms with Gasteiger partial charge in [0.25, 0.3) is 0 Å². The molecule has 1 atom stereocenters. The first-order valence-electron chi connectivity index (χ1n) is 3.86. The van der Waals surface area contributed by atoms with Crippen LogP contribution in [0, 0.1) is 5.41 Å². The maximum atomic E-state index is 5.83. The summed E-state index contributed by atoms with van der Waals surface area (Å²) < 4.78 is 0. The molecule has 0 heterocycles. The highest BCUT2D eigenvalue weighted by Crippen LogP contribution is 2.32. The van der Waals surface area contributed by atoms with Gasteiger partial charge in [-0.25, -0.2) is 0 Å². The van der Waals surface area contributed by atoms with Crippen LogP contribution < -0.4 is 22.9 Å². The van der Waals surface area contributed by atoms with E-state index in [0.29, 0.717) is 17.1 Å². The Bertz CT molecular complexity index is 262. The van der Waals surface area contributed by atoms with Gasteiger partial charge in [0.2, 0.25) is 0 Å². The quantitative estimate of drug-likeness (QED) is 0.385. The summed E-state index contributed by atoms with van der Waals surface area (Å²) in [5.41, 5.74) is 24.1. The molecule has 1 aliphatic rings. The molecule has 0 aromatic rings. The lowest BCUT2D eigenvalue weighted by atomic mass is 9.77. The summed E-state index contributed by atoms with van der Waals surface area (Å²) in [4.78, 5) is 0. The van der Waals surface area contributed by atoms with Crippen LogP contribution in [0.4, 0.5) is 0 Å². The van der Waals surface area contributed by atoms with Crippen molar-refractivity contribution in [3.63, 3.8) is 0 Å². The lowest BCUT2D eigenvalue weighted by molar-refractivity contribution is 0.379. The van der Waals surface area contributed by atoms with Crippen LogP contribution in [-0.4, -0.2) is 6.04 Å². The number of hydrogen-bond donors (Lipinski definition) is 4. The Kier molecular flexibility index (Phi) is 1.80. The first kappa shape index (κ1) is 8.93. The van der Waals surface area contributed by atoms with Crippen LogP contribution in [0.25, 0.3) is 0 Å². The zero-order valence-electron chi connectivity index (χ0n) is 7.46. The smallest absolute Gasteiger partial charge is 0.0742 e. The molecule has 0 aliphatic heterocycles. The van der Waals surface area contributed by atoms with E-state index in [-0.39, 0.29) is 11.5 Å². The fourth-order valence-corrected chi connectivity index (χ4v) is 1.17. The fraction of sp³-hybridized carbons (Fsp3) is 0.500. The molecule has 12 heavy (non-hydrogen) atoms. The second-order valence-corrected chi connectivity index (χ2v) is 3.70. The van der Waals surface area contributed by atoms with Gasteiger partial charge in [-0.15, -0.1) is 0 Å². The van der Waals surface area contributed by atoms with Gasteiger partial charge in [-0.05, 0) is 6.08 Å². The van der Waals surface area contributed by atoms with Crippen molar-refractivity contribution in [3.8, 4) is 0 Å². The Balaban J connectivity index is 3.18. The van der Waals surface area contributed by atoms with Crippen molar-refractivity contribution >= 4 is 0 Å². The van der Waals surface area contributed by atoms with Crippen LogP contribution in [0.15, 0.2) is 23.2 Å². The molecular weight excluding hydrogens is 152 g/mol. The van der Waals surface area contributed by atoms with Crippen LogP contribution in [0.2, 0.25) is 0 Å². The highest BCUT2D eigenvalue weighted by molar-refractivity contribution is 5.39. The van der Waals surface area contributed by atoms with Crippen molar-refractivity contribution in [2.75, 3.05) is 0 Å². The normalized spacial score (nSPS) is 28.6. The third kappa shape index (κ3) is 1.04. The number of rotatable bonds is 0. The molecule has 0 aromatic heterocycles. The van der Waals surface area contributed by atoms with Crippen LogP contribution >= 0.6 is 0 Å². The second-order valence-electron chi connectivity index (χ2n) is 3.70. The lowest BCUT2D eigenvalue weighted by Gasteiger charge is -2.35. The number of hydrogen-bond acceptors (Lipinski definition) is 4. The monoisotopic (exact) mass is 168 g/mol. The summed E-state index contributed by atoms with van der Waals surface area (Å²) in [5, 5.41) is 0. The Hall–Kier alpha value is -1.16. The molecule has 0 fully saturated rings. The fourth-order valence-electron chi connectivity index (χ4n) is 1.17. The van der Waals surface area contributed by atoms with Crippen molar-refractivity contribution in [2.45, 2.75) is 19.9 Å². The molecule has 0 saturated heterocycles. The lowest BCUT2D eigenvalue weighted by Crippen LogP contribution is -2.45. The van der Waals surface area contributed by atoms with E-state index in [0.717, 1.165) is 0 Å². The minimum Gasteiger partial charge on any atom is -0.400 e. The van der Waals surface area contributed by atoms with Crippen molar-refractivity contribution in [2.24, 2.45) is 28.3 Å². The van der Waals surface area contributed by atoms with Crippen LogP contribution in [0.3, 0.4) is 0 Å². The SMILES string of the molecule is CC1(C)C(N)=C(N)C(N)=CC1N. The molecule has 4 nitrogen and oxygen atoms in total. The van der Waals surface area contributed by atoms with Gasteiger partial charge >= 0.3 is 0 Å². The molecule has 8 N–H and O–H groups in total. The highest BCUT2D eigenvalue weighted by atomic mass is 14.8. The van der Waals surface area contributed by atoms with E-state index in [1.807, 2.05) is 13.8 Å². The third-order valence-corrected chi connectivity index (χ3v) is 2.49. The summed E-state index contributed by atoms with van der Waals surface area (Å²) in [6.07, 6.45) is 1.74. The maximum Gasteiger partial charge on any atom is 0.0742 e. The first-order valence-corrected chi connectivity index (χ1v) is 3.86. The van der Waals surface area contributed by atoms with E-state index in [1.165, 1.54) is 0 Å². The van der Waals surface area contributed by atoms with Gasteiger partial charge in [0, 0.05) is 17.2 Å². The van der Waals surface area contributed by atoms with E-state index < -0.39 is 0 Å². The van der Waals surface area contributed by atoms with Gasteiger partial charge in [0.1, 0.15) is 0 Å². The molecule has 0 spiro atoms. The van der Waals surface area contributed by atoms with Gasteiger partial charge in [-0.2, -0.15) is 0 Å². The molecule has 1 rings (SSSR count). The van der Waals surface area contributed by atoms with Crippen molar-refractivity contribution in [1.82, 2.24) is 0 Å². The van der Waals surface area contributed by atoms with Gasteiger partial charge in [0.05, 0.1) is 11.4 Å². The maximum absolute atomic E-state index is 5.83. The van der Waals surface area contributed by atoms with E-state index in [4.69, 9.17) is 22.9 Å². The first-order chi connectivity index (χ1) is 5.37. The molecule has 68 valence electrons. The predicted molar refractivity (Wildman–Crippen MR) is 49.4 cm³/mol. The van der Waals surface area contributed by atoms with Gasteiger partial charge in [-0.1, -0.05) is 13.8 Å². The third-order valence-electron chi connectivity index (χ3n) is 2.49. The molecule has 0 saturated carbocycles. The topological polar surface area (TPSA) is 104 Å². The van der Waals surface area contributed by atoms with E-state index >= 15 is 0 Å². The van der Waals surface area contributed by atoms with Crippen LogP contribution in [0.5, 0.6) is 0 Å². The van der Waals surface area contributed by atoms with E-state index in [2.05, 4.69) is 0 Å². The average Bonchev–Trinajstić information content (AvgIpc) is 1.99. The van der Waals surface area contributed by atoms with E-state index in [9.17, 15) is 0 Å². The van der Waals surface area contributed by atoms with Crippen molar-refractivity contribution < 1.29 is 0 Å². The average molecular weight is 168 g/mol. The number of nitrogens with two attached hydrogens (primary N) is 4. The molecule has 0 amide bonds. The molecule has 0 bridgehead atoms. The molecule has 4 heteroatoms. The minimum atomic E-state index is -0.299.